The number of aromatic nitrogens is 1. The summed E-state index contributed by atoms with van der Waals surface area (Å²) >= 11 is 0. The van der Waals surface area contributed by atoms with Crippen molar-refractivity contribution in [3.05, 3.63) is 64.5 Å². The summed E-state index contributed by atoms with van der Waals surface area (Å²) in [6.07, 6.45) is -8.66. The number of alkyl halides is 6. The summed E-state index contributed by atoms with van der Waals surface area (Å²) in [5.74, 6) is -0.910. The molecule has 0 aliphatic carbocycles. The summed E-state index contributed by atoms with van der Waals surface area (Å²) in [7, 11) is 0. The molecule has 2 rings (SSSR count). The number of amides is 1. The van der Waals surface area contributed by atoms with E-state index < -0.39 is 35.9 Å². The molecule has 2 aromatic rings. The van der Waals surface area contributed by atoms with Crippen LogP contribution in [0.2, 0.25) is 0 Å². The number of ketones is 1. The van der Waals surface area contributed by atoms with E-state index in [1.165, 1.54) is 25.3 Å². The Morgan fingerprint density at radius 2 is 1.54 bits per heavy atom. The Labute approximate surface area is 155 Å². The molecule has 0 saturated heterocycles. The van der Waals surface area contributed by atoms with Crippen molar-refractivity contribution in [2.24, 2.45) is 0 Å². The lowest BCUT2D eigenvalue weighted by Crippen LogP contribution is -2.24. The van der Waals surface area contributed by atoms with Gasteiger partial charge in [0.15, 0.2) is 0 Å². The normalized spacial score (nSPS) is 12.0. The fourth-order valence-corrected chi connectivity index (χ4v) is 2.38. The molecule has 0 bridgehead atoms. The third-order valence-corrected chi connectivity index (χ3v) is 3.61. The van der Waals surface area contributed by atoms with Crippen LogP contribution in [0.4, 0.5) is 26.3 Å². The Balaban J connectivity index is 2.22. The fourth-order valence-electron chi connectivity index (χ4n) is 2.38. The lowest BCUT2D eigenvalue weighted by Gasteiger charge is -2.14. The number of carbonyl (C=O) groups is 2. The minimum absolute atomic E-state index is 0.0102. The highest BCUT2D eigenvalue weighted by Gasteiger charge is 2.36. The van der Waals surface area contributed by atoms with Crippen molar-refractivity contribution in [1.29, 1.82) is 0 Å². The second-order valence-electron chi connectivity index (χ2n) is 6.01. The Bertz CT molecular complexity index is 858. The second kappa shape index (κ2) is 7.99. The standard InChI is InChI=1S/C18H14F6N2O2/c1-10(27)4-15-7-12(2-3-25-15)16(28)26-9-11-5-13(17(19,20)21)8-14(6-11)18(22,23)24/h2-3,5-8H,4,9H2,1H3,(H,26,28). The van der Waals surface area contributed by atoms with Crippen molar-refractivity contribution in [1.82, 2.24) is 10.3 Å². The smallest absolute Gasteiger partial charge is 0.348 e. The molecule has 150 valence electrons. The number of benzene rings is 1. The lowest BCUT2D eigenvalue weighted by atomic mass is 10.0. The van der Waals surface area contributed by atoms with Gasteiger partial charge in [0.05, 0.1) is 11.1 Å². The van der Waals surface area contributed by atoms with Gasteiger partial charge < -0.3 is 5.32 Å². The van der Waals surface area contributed by atoms with Crippen LogP contribution < -0.4 is 5.32 Å². The summed E-state index contributed by atoms with van der Waals surface area (Å²) < 4.78 is 77.2. The predicted octanol–water partition coefficient (Wildman–Crippen LogP) is 4.18. The highest BCUT2D eigenvalue weighted by molar-refractivity contribution is 5.94. The van der Waals surface area contributed by atoms with Crippen molar-refractivity contribution in [2.45, 2.75) is 32.2 Å². The Kier molecular flexibility index (Phi) is 6.10. The molecule has 0 aliphatic rings. The van der Waals surface area contributed by atoms with Gasteiger partial charge in [-0.2, -0.15) is 26.3 Å². The molecule has 0 radical (unpaired) electrons. The SMILES string of the molecule is CC(=O)Cc1cc(C(=O)NCc2cc(C(F)(F)F)cc(C(F)(F)F)c2)ccn1. The van der Waals surface area contributed by atoms with E-state index in [0.29, 0.717) is 17.8 Å². The molecular formula is C18H14F6N2O2. The largest absolute Gasteiger partial charge is 0.416 e. The summed E-state index contributed by atoms with van der Waals surface area (Å²) in [4.78, 5) is 27.2. The highest BCUT2D eigenvalue weighted by atomic mass is 19.4. The van der Waals surface area contributed by atoms with E-state index >= 15 is 0 Å². The number of halogens is 6. The van der Waals surface area contributed by atoms with Crippen molar-refractivity contribution in [3.63, 3.8) is 0 Å². The zero-order chi connectivity index (χ0) is 21.1. The molecular weight excluding hydrogens is 390 g/mol. The molecule has 0 spiro atoms. The maximum absolute atomic E-state index is 12.9. The molecule has 0 fully saturated rings. The van der Waals surface area contributed by atoms with Crippen LogP contribution in [0.5, 0.6) is 0 Å². The van der Waals surface area contributed by atoms with Gasteiger partial charge in [0, 0.05) is 30.4 Å². The number of rotatable bonds is 5. The van der Waals surface area contributed by atoms with Crippen LogP contribution in [0.25, 0.3) is 0 Å². The lowest BCUT2D eigenvalue weighted by molar-refractivity contribution is -0.143. The van der Waals surface area contributed by atoms with E-state index in [9.17, 15) is 35.9 Å². The van der Waals surface area contributed by atoms with Crippen molar-refractivity contribution >= 4 is 11.7 Å². The molecule has 0 saturated carbocycles. The van der Waals surface area contributed by atoms with Crippen LogP contribution in [-0.2, 0) is 30.1 Å². The van der Waals surface area contributed by atoms with Crippen LogP contribution in [0.3, 0.4) is 0 Å². The minimum Gasteiger partial charge on any atom is -0.348 e. The average molecular weight is 404 g/mol. The van der Waals surface area contributed by atoms with Crippen LogP contribution in [0.15, 0.2) is 36.5 Å². The highest BCUT2D eigenvalue weighted by Crippen LogP contribution is 2.36. The maximum atomic E-state index is 12.9. The second-order valence-corrected chi connectivity index (χ2v) is 6.01. The number of nitrogens with zero attached hydrogens (tertiary/aromatic N) is 1. The van der Waals surface area contributed by atoms with Gasteiger partial charge in [-0.3, -0.25) is 14.6 Å². The molecule has 0 aliphatic heterocycles. The summed E-state index contributed by atoms with van der Waals surface area (Å²) in [6.45, 7) is 0.788. The zero-order valence-electron chi connectivity index (χ0n) is 14.4. The number of nitrogens with one attached hydrogen (secondary N) is 1. The number of hydrogen-bond donors (Lipinski definition) is 1. The Hall–Kier alpha value is -2.91. The van der Waals surface area contributed by atoms with Gasteiger partial charge in [-0.15, -0.1) is 0 Å². The zero-order valence-corrected chi connectivity index (χ0v) is 14.4. The first-order chi connectivity index (χ1) is 12.9. The van der Waals surface area contributed by atoms with Crippen molar-refractivity contribution in [2.75, 3.05) is 0 Å². The van der Waals surface area contributed by atoms with Gasteiger partial charge in [-0.25, -0.2) is 0 Å². The van der Waals surface area contributed by atoms with E-state index in [0.717, 1.165) is 0 Å². The summed E-state index contributed by atoms with van der Waals surface area (Å²) in [5, 5.41) is 2.27. The quantitative estimate of drug-likeness (QED) is 0.761. The molecule has 10 heteroatoms. The Morgan fingerprint density at radius 1 is 0.964 bits per heavy atom. The van der Waals surface area contributed by atoms with E-state index in [4.69, 9.17) is 0 Å². The first-order valence-electron chi connectivity index (χ1n) is 7.87. The third-order valence-electron chi connectivity index (χ3n) is 3.61. The number of carbonyl (C=O) groups excluding carboxylic acids is 2. The van der Waals surface area contributed by atoms with Gasteiger partial charge in [0.2, 0.25) is 0 Å². The van der Waals surface area contributed by atoms with Crippen LogP contribution in [0, 0.1) is 0 Å². The van der Waals surface area contributed by atoms with Gasteiger partial charge >= 0.3 is 12.4 Å². The van der Waals surface area contributed by atoms with E-state index in [-0.39, 0.29) is 29.4 Å². The van der Waals surface area contributed by atoms with Gasteiger partial charge in [-0.05, 0) is 42.8 Å². The van der Waals surface area contributed by atoms with E-state index in [2.05, 4.69) is 10.3 Å². The molecule has 1 N–H and O–H groups in total. The third kappa shape index (κ3) is 5.80. The molecule has 28 heavy (non-hydrogen) atoms. The van der Waals surface area contributed by atoms with Crippen molar-refractivity contribution in [3.8, 4) is 0 Å². The first-order valence-corrected chi connectivity index (χ1v) is 7.87. The Morgan fingerprint density at radius 3 is 2.04 bits per heavy atom. The van der Waals surface area contributed by atoms with E-state index in [1.807, 2.05) is 0 Å². The number of Topliss-reactive ketones (excluding diaryl/α,β-unsaturated/α-hetero) is 1. The van der Waals surface area contributed by atoms with Crippen LogP contribution in [0.1, 0.15) is 39.7 Å². The minimum atomic E-state index is -4.97. The predicted molar refractivity (Wildman–Crippen MR) is 86.2 cm³/mol. The molecule has 4 nitrogen and oxygen atoms in total. The van der Waals surface area contributed by atoms with Crippen LogP contribution in [-0.4, -0.2) is 16.7 Å². The van der Waals surface area contributed by atoms with Crippen LogP contribution >= 0.6 is 0 Å². The van der Waals surface area contributed by atoms with Crippen molar-refractivity contribution < 1.29 is 35.9 Å². The van der Waals surface area contributed by atoms with Gasteiger partial charge in [0.25, 0.3) is 5.91 Å². The van der Waals surface area contributed by atoms with Gasteiger partial charge in [0.1, 0.15) is 5.78 Å². The molecule has 1 aromatic carbocycles. The molecule has 1 aromatic heterocycles. The average Bonchev–Trinajstić information content (AvgIpc) is 2.57. The molecule has 1 amide bonds. The number of hydrogen-bond acceptors (Lipinski definition) is 3. The van der Waals surface area contributed by atoms with E-state index in [1.54, 1.807) is 0 Å². The van der Waals surface area contributed by atoms with Gasteiger partial charge in [-0.1, -0.05) is 0 Å². The topological polar surface area (TPSA) is 59.1 Å². The first kappa shape index (κ1) is 21.4. The summed E-state index contributed by atoms with van der Waals surface area (Å²) in [5.41, 5.74) is -2.88. The monoisotopic (exact) mass is 404 g/mol. The molecule has 0 atom stereocenters. The molecule has 1 heterocycles. The fraction of sp³-hybridized carbons (Fsp3) is 0.278. The maximum Gasteiger partial charge on any atom is 0.416 e. The summed E-state index contributed by atoms with van der Waals surface area (Å²) in [6, 6.07) is 3.74. The molecule has 0 unspecified atom stereocenters. The number of pyridine rings is 1.